The first-order chi connectivity index (χ1) is 31.7. The molecule has 9 nitrogen and oxygen atoms in total. The molecular formula is C55H33N9. The van der Waals surface area contributed by atoms with E-state index in [0.29, 0.717) is 40.4 Å². The number of nitrogens with zero attached hydrogens (tertiary/aromatic N) is 9. The fourth-order valence-electron chi connectivity index (χ4n) is 9.18. The van der Waals surface area contributed by atoms with Crippen LogP contribution in [0.15, 0.2) is 201 Å². The first-order valence-corrected chi connectivity index (χ1v) is 21.1. The van der Waals surface area contributed by atoms with Crippen molar-refractivity contribution in [1.82, 2.24) is 44.0 Å². The quantitative estimate of drug-likeness (QED) is 0.165. The molecule has 0 aliphatic carbocycles. The summed E-state index contributed by atoms with van der Waals surface area (Å²) in [5.74, 6) is 2.52. The second-order valence-corrected chi connectivity index (χ2v) is 15.9. The van der Waals surface area contributed by atoms with Crippen LogP contribution in [0.1, 0.15) is 0 Å². The van der Waals surface area contributed by atoms with Crippen LogP contribution in [0, 0.1) is 0 Å². The van der Waals surface area contributed by atoms with Gasteiger partial charge in [-0.05, 0) is 46.5 Å². The van der Waals surface area contributed by atoms with Gasteiger partial charge in [0, 0.05) is 68.5 Å². The van der Waals surface area contributed by atoms with Gasteiger partial charge in [-0.15, -0.1) is 0 Å². The fraction of sp³-hybridized carbons (Fsp3) is 0. The van der Waals surface area contributed by atoms with Crippen molar-refractivity contribution in [1.29, 1.82) is 0 Å². The number of hydrogen-bond donors (Lipinski definition) is 0. The van der Waals surface area contributed by atoms with Gasteiger partial charge < -0.3 is 4.57 Å². The van der Waals surface area contributed by atoms with Gasteiger partial charge in [-0.25, -0.2) is 24.9 Å². The average molecular weight is 820 g/mol. The first-order valence-electron chi connectivity index (χ1n) is 21.1. The molecule has 0 saturated carbocycles. The lowest BCUT2D eigenvalue weighted by atomic mass is 10.0. The van der Waals surface area contributed by atoms with Gasteiger partial charge in [0.1, 0.15) is 0 Å². The minimum absolute atomic E-state index is 0.425. The molecule has 0 saturated heterocycles. The SMILES string of the molecule is c1ccc(-c2ncc(-c3nc(-c4cnc(-c5ccccc5)nc4)nc(-n4c5cc6ccccc6cc5c5c4ccc4c6ccc7ccccc7c6n(-c6ccccc6)c45)n3)cn2)cc1. The van der Waals surface area contributed by atoms with E-state index in [1.165, 1.54) is 16.2 Å². The highest BCUT2D eigenvalue weighted by Gasteiger charge is 2.24. The summed E-state index contributed by atoms with van der Waals surface area (Å²) >= 11 is 0. The lowest BCUT2D eigenvalue weighted by Gasteiger charge is -2.12. The largest absolute Gasteiger partial charge is 0.308 e. The molecule has 0 bridgehead atoms. The maximum Gasteiger partial charge on any atom is 0.238 e. The molecule has 9 heteroatoms. The summed E-state index contributed by atoms with van der Waals surface area (Å²) in [4.78, 5) is 34.7. The molecule has 0 spiro atoms. The molecule has 64 heavy (non-hydrogen) atoms. The molecule has 0 fully saturated rings. The number of benzene rings is 8. The zero-order chi connectivity index (χ0) is 42.1. The molecule has 0 N–H and O–H groups in total. The molecular weight excluding hydrogens is 787 g/mol. The van der Waals surface area contributed by atoms with Crippen LogP contribution in [0.2, 0.25) is 0 Å². The van der Waals surface area contributed by atoms with Crippen LogP contribution in [0.25, 0.3) is 122 Å². The monoisotopic (exact) mass is 819 g/mol. The van der Waals surface area contributed by atoms with Crippen LogP contribution in [0.3, 0.4) is 0 Å². The number of para-hydroxylation sites is 1. The van der Waals surface area contributed by atoms with E-state index in [9.17, 15) is 0 Å². The van der Waals surface area contributed by atoms with Crippen molar-refractivity contribution >= 4 is 65.2 Å². The summed E-state index contributed by atoms with van der Waals surface area (Å²) in [6.45, 7) is 0. The molecule has 5 heterocycles. The zero-order valence-electron chi connectivity index (χ0n) is 34.1. The number of aromatic nitrogens is 9. The number of rotatable bonds is 6. The molecule has 8 aromatic carbocycles. The predicted molar refractivity (Wildman–Crippen MR) is 256 cm³/mol. The van der Waals surface area contributed by atoms with Gasteiger partial charge in [0.05, 0.1) is 33.2 Å². The molecule has 13 aromatic rings. The highest BCUT2D eigenvalue weighted by atomic mass is 15.2. The minimum atomic E-state index is 0.425. The van der Waals surface area contributed by atoms with E-state index in [4.69, 9.17) is 34.9 Å². The van der Waals surface area contributed by atoms with Crippen LogP contribution < -0.4 is 0 Å². The average Bonchev–Trinajstić information content (AvgIpc) is 3.89. The Bertz CT molecular complexity index is 3820. The van der Waals surface area contributed by atoms with Crippen molar-refractivity contribution in [3.8, 4) is 57.2 Å². The molecule has 298 valence electrons. The van der Waals surface area contributed by atoms with E-state index in [0.717, 1.165) is 65.8 Å². The Balaban J connectivity index is 1.12. The predicted octanol–water partition coefficient (Wildman–Crippen LogP) is 12.6. The van der Waals surface area contributed by atoms with Crippen LogP contribution in [-0.2, 0) is 0 Å². The third-order valence-corrected chi connectivity index (χ3v) is 12.1. The Morgan fingerprint density at radius 2 is 0.828 bits per heavy atom. The van der Waals surface area contributed by atoms with Gasteiger partial charge in [0.2, 0.25) is 5.95 Å². The lowest BCUT2D eigenvalue weighted by Crippen LogP contribution is -2.07. The van der Waals surface area contributed by atoms with Gasteiger partial charge in [-0.3, -0.25) is 4.57 Å². The van der Waals surface area contributed by atoms with Crippen molar-refractivity contribution in [2.45, 2.75) is 0 Å². The van der Waals surface area contributed by atoms with Crippen LogP contribution >= 0.6 is 0 Å². The third kappa shape index (κ3) is 5.68. The minimum Gasteiger partial charge on any atom is -0.308 e. The second-order valence-electron chi connectivity index (χ2n) is 15.9. The number of fused-ring (bicyclic) bond motifs is 10. The van der Waals surface area contributed by atoms with Gasteiger partial charge >= 0.3 is 0 Å². The van der Waals surface area contributed by atoms with Crippen molar-refractivity contribution in [3.63, 3.8) is 0 Å². The summed E-state index contributed by atoms with van der Waals surface area (Å²) in [7, 11) is 0. The lowest BCUT2D eigenvalue weighted by molar-refractivity contribution is 0.948. The van der Waals surface area contributed by atoms with Gasteiger partial charge in [-0.2, -0.15) is 9.97 Å². The summed E-state index contributed by atoms with van der Waals surface area (Å²) in [6.07, 6.45) is 7.11. The summed E-state index contributed by atoms with van der Waals surface area (Å²) < 4.78 is 4.62. The van der Waals surface area contributed by atoms with Crippen molar-refractivity contribution in [3.05, 3.63) is 201 Å². The Hall–Kier alpha value is -8.95. The molecule has 0 radical (unpaired) electrons. The second kappa shape index (κ2) is 14.3. The van der Waals surface area contributed by atoms with Crippen molar-refractivity contribution in [2.24, 2.45) is 0 Å². The van der Waals surface area contributed by atoms with Crippen LogP contribution in [-0.4, -0.2) is 44.0 Å². The van der Waals surface area contributed by atoms with Crippen LogP contribution in [0.4, 0.5) is 0 Å². The maximum atomic E-state index is 5.28. The van der Waals surface area contributed by atoms with E-state index in [2.05, 4.69) is 124 Å². The topological polar surface area (TPSA) is 100 Å². The Morgan fingerprint density at radius 1 is 0.312 bits per heavy atom. The summed E-state index contributed by atoms with van der Waals surface area (Å²) in [5.41, 5.74) is 8.41. The van der Waals surface area contributed by atoms with Gasteiger partial charge in [0.25, 0.3) is 0 Å². The van der Waals surface area contributed by atoms with Crippen LogP contribution in [0.5, 0.6) is 0 Å². The highest BCUT2D eigenvalue weighted by Crippen LogP contribution is 2.44. The standard InChI is InChI=1S/C55H33N9/c1-4-15-35(16-5-1)51-56-30-39(31-57-51)53-60-54(40-32-58-52(59-33-40)36-17-6-2-7-18-36)62-55(61-53)64-46-27-26-44-43-25-24-34-14-12-13-23-42(34)49(43)63(41-21-8-3-9-22-41)50(44)48(46)45-28-37-19-10-11-20-38(37)29-47(45)64/h1-33H. The van der Waals surface area contributed by atoms with Gasteiger partial charge in [0.15, 0.2) is 23.3 Å². The molecule has 0 unspecified atom stereocenters. The Labute approximate surface area is 365 Å². The van der Waals surface area contributed by atoms with E-state index in [-0.39, 0.29) is 0 Å². The molecule has 0 amide bonds. The molecule has 0 atom stereocenters. The van der Waals surface area contributed by atoms with Gasteiger partial charge in [-0.1, -0.05) is 146 Å². The first kappa shape index (κ1) is 35.8. The third-order valence-electron chi connectivity index (χ3n) is 12.1. The zero-order valence-corrected chi connectivity index (χ0v) is 34.1. The highest BCUT2D eigenvalue weighted by molar-refractivity contribution is 6.29. The van der Waals surface area contributed by atoms with E-state index in [1.807, 2.05) is 60.7 Å². The van der Waals surface area contributed by atoms with E-state index in [1.54, 1.807) is 24.8 Å². The Morgan fingerprint density at radius 3 is 1.45 bits per heavy atom. The number of hydrogen-bond acceptors (Lipinski definition) is 7. The Kier molecular flexibility index (Phi) is 8.01. The van der Waals surface area contributed by atoms with Crippen molar-refractivity contribution < 1.29 is 0 Å². The molecule has 0 aliphatic heterocycles. The maximum absolute atomic E-state index is 5.28. The molecule has 5 aromatic heterocycles. The summed E-state index contributed by atoms with van der Waals surface area (Å²) in [6, 6.07) is 61.2. The normalized spacial score (nSPS) is 11.8. The van der Waals surface area contributed by atoms with Crippen molar-refractivity contribution in [2.75, 3.05) is 0 Å². The molecule has 0 aliphatic rings. The fourth-order valence-corrected chi connectivity index (χ4v) is 9.18. The smallest absolute Gasteiger partial charge is 0.238 e. The van der Waals surface area contributed by atoms with E-state index < -0.39 is 0 Å². The van der Waals surface area contributed by atoms with E-state index >= 15 is 0 Å². The summed E-state index contributed by atoms with van der Waals surface area (Å²) in [5, 5.41) is 9.14. The molecule has 13 rings (SSSR count).